The smallest absolute Gasteiger partial charge is 0.161 e. The van der Waals surface area contributed by atoms with Crippen LogP contribution in [-0.2, 0) is 0 Å². The number of rotatable bonds is 2. The summed E-state index contributed by atoms with van der Waals surface area (Å²) in [6.07, 6.45) is -0.893. The Hall–Kier alpha value is -2.07. The van der Waals surface area contributed by atoms with Crippen LogP contribution in [0.3, 0.4) is 0 Å². The van der Waals surface area contributed by atoms with E-state index in [2.05, 4.69) is 0 Å². The molecular weight excluding hydrogens is 271 g/mol. The molecule has 2 aromatic carbocycles. The van der Waals surface area contributed by atoms with Gasteiger partial charge in [0, 0.05) is 5.92 Å². The van der Waals surface area contributed by atoms with E-state index >= 15 is 0 Å². The molecule has 110 valence electrons. The topological polar surface area (TPSA) is 38.7 Å². The van der Waals surface area contributed by atoms with Crippen LogP contribution in [0.25, 0.3) is 0 Å². The summed E-state index contributed by atoms with van der Waals surface area (Å²) in [5, 5.41) is 10.4. The molecule has 21 heavy (non-hydrogen) atoms. The molecule has 0 bridgehead atoms. The average Bonchev–Trinajstić information content (AvgIpc) is 2.68. The van der Waals surface area contributed by atoms with Gasteiger partial charge in [-0.1, -0.05) is 25.1 Å². The fourth-order valence-corrected chi connectivity index (χ4v) is 2.31. The molecule has 2 unspecified atom stereocenters. The Morgan fingerprint density at radius 2 is 1.76 bits per heavy atom. The summed E-state index contributed by atoms with van der Waals surface area (Å²) in [5.41, 5.74) is 1.16. The number of hydrogen-bond acceptors (Lipinski definition) is 3. The highest BCUT2D eigenvalue weighted by molar-refractivity contribution is 5.45. The molecule has 1 N–H and O–H groups in total. The van der Waals surface area contributed by atoms with E-state index in [0.29, 0.717) is 41.8 Å². The molecule has 0 saturated heterocycles. The second-order valence-corrected chi connectivity index (χ2v) is 5.39. The summed E-state index contributed by atoms with van der Waals surface area (Å²) in [7, 11) is 0. The lowest BCUT2D eigenvalue weighted by molar-refractivity contribution is 0.218. The van der Waals surface area contributed by atoms with Crippen molar-refractivity contribution in [1.29, 1.82) is 0 Å². The molecule has 4 heteroatoms. The Balaban J connectivity index is 1.90. The number of halogens is 1. The van der Waals surface area contributed by atoms with Crippen LogP contribution in [0.1, 0.15) is 24.2 Å². The zero-order valence-electron chi connectivity index (χ0n) is 11.8. The van der Waals surface area contributed by atoms with Crippen molar-refractivity contribution < 1.29 is 19.0 Å². The fourth-order valence-electron chi connectivity index (χ4n) is 2.31. The molecule has 1 aliphatic rings. The zero-order valence-corrected chi connectivity index (χ0v) is 11.8. The van der Waals surface area contributed by atoms with Crippen LogP contribution in [-0.4, -0.2) is 18.3 Å². The first-order chi connectivity index (χ1) is 10.1. The van der Waals surface area contributed by atoms with Gasteiger partial charge in [0.25, 0.3) is 0 Å². The summed E-state index contributed by atoms with van der Waals surface area (Å²) in [6.45, 7) is 3.24. The Morgan fingerprint density at radius 3 is 2.52 bits per heavy atom. The van der Waals surface area contributed by atoms with Crippen LogP contribution in [0.5, 0.6) is 11.5 Å². The first kappa shape index (κ1) is 13.9. The van der Waals surface area contributed by atoms with Crippen molar-refractivity contribution in [3.05, 3.63) is 59.4 Å². The molecule has 3 nitrogen and oxygen atoms in total. The van der Waals surface area contributed by atoms with Gasteiger partial charge in [-0.25, -0.2) is 4.39 Å². The van der Waals surface area contributed by atoms with Crippen LogP contribution in [0.15, 0.2) is 42.5 Å². The maximum Gasteiger partial charge on any atom is 0.161 e. The summed E-state index contributed by atoms with van der Waals surface area (Å²) >= 11 is 0. The van der Waals surface area contributed by atoms with Crippen LogP contribution in [0.2, 0.25) is 0 Å². The van der Waals surface area contributed by atoms with Crippen LogP contribution < -0.4 is 9.47 Å². The normalized spacial score (nSPS) is 18.9. The van der Waals surface area contributed by atoms with Crippen molar-refractivity contribution in [2.45, 2.75) is 13.0 Å². The van der Waals surface area contributed by atoms with Gasteiger partial charge in [-0.2, -0.15) is 0 Å². The van der Waals surface area contributed by atoms with E-state index in [9.17, 15) is 9.50 Å². The number of benzene rings is 2. The molecule has 0 saturated carbocycles. The second-order valence-electron chi connectivity index (χ2n) is 5.39. The molecule has 2 aromatic rings. The minimum Gasteiger partial charge on any atom is -0.489 e. The highest BCUT2D eigenvalue weighted by Crippen LogP contribution is 2.34. The highest BCUT2D eigenvalue weighted by atomic mass is 19.1. The van der Waals surface area contributed by atoms with Gasteiger partial charge in [0.15, 0.2) is 11.5 Å². The molecule has 0 amide bonds. The van der Waals surface area contributed by atoms with E-state index in [1.807, 2.05) is 6.92 Å². The molecule has 1 aliphatic heterocycles. The quantitative estimate of drug-likeness (QED) is 0.921. The highest BCUT2D eigenvalue weighted by Gasteiger charge is 2.18. The molecule has 0 radical (unpaired) electrons. The molecule has 2 atom stereocenters. The van der Waals surface area contributed by atoms with Crippen molar-refractivity contribution in [2.24, 2.45) is 5.92 Å². The van der Waals surface area contributed by atoms with Crippen molar-refractivity contribution in [3.8, 4) is 11.5 Å². The lowest BCUT2D eigenvalue weighted by Crippen LogP contribution is -2.12. The molecule has 0 spiro atoms. The second kappa shape index (κ2) is 5.74. The van der Waals surface area contributed by atoms with E-state index in [-0.39, 0.29) is 5.82 Å². The number of fused-ring (bicyclic) bond motifs is 1. The summed E-state index contributed by atoms with van der Waals surface area (Å²) in [6, 6.07) is 11.3. The Bertz CT molecular complexity index is 642. The maximum absolute atomic E-state index is 13.3. The first-order valence-electron chi connectivity index (χ1n) is 6.96. The van der Waals surface area contributed by atoms with Crippen LogP contribution in [0.4, 0.5) is 4.39 Å². The van der Waals surface area contributed by atoms with Gasteiger partial charge >= 0.3 is 0 Å². The number of aliphatic hydroxyl groups excluding tert-OH is 1. The summed E-state index contributed by atoms with van der Waals surface area (Å²) < 4.78 is 24.6. The van der Waals surface area contributed by atoms with Gasteiger partial charge in [0.2, 0.25) is 0 Å². The third kappa shape index (κ3) is 3.00. The minimum atomic E-state index is -0.893. The lowest BCUT2D eigenvalue weighted by atomic mass is 10.0. The van der Waals surface area contributed by atoms with Crippen molar-refractivity contribution in [1.82, 2.24) is 0 Å². The Labute approximate surface area is 122 Å². The van der Waals surface area contributed by atoms with Gasteiger partial charge in [-0.05, 0) is 35.4 Å². The van der Waals surface area contributed by atoms with E-state index in [0.717, 1.165) is 0 Å². The van der Waals surface area contributed by atoms with E-state index < -0.39 is 6.10 Å². The number of ether oxygens (including phenoxy) is 2. The van der Waals surface area contributed by atoms with Gasteiger partial charge in [-0.15, -0.1) is 0 Å². The van der Waals surface area contributed by atoms with Crippen LogP contribution in [0, 0.1) is 11.7 Å². The zero-order chi connectivity index (χ0) is 14.8. The predicted octanol–water partition coefficient (Wildman–Crippen LogP) is 3.31. The third-order valence-corrected chi connectivity index (χ3v) is 3.49. The summed E-state index contributed by atoms with van der Waals surface area (Å²) in [5.74, 6) is 1.24. The molecular formula is C17H17FO3. The largest absolute Gasteiger partial charge is 0.489 e. The fraction of sp³-hybridized carbons (Fsp3) is 0.294. The molecule has 0 aromatic heterocycles. The predicted molar refractivity (Wildman–Crippen MR) is 77.1 cm³/mol. The monoisotopic (exact) mass is 288 g/mol. The standard InChI is InChI=1S/C17H17FO3/c1-11-9-20-15-6-5-13(8-16(15)21-10-11)17(19)12-3-2-4-14(18)7-12/h2-8,11,17,19H,9-10H2,1H3. The SMILES string of the molecule is CC1COc2ccc(C(O)c3cccc(F)c3)cc2OC1. The maximum atomic E-state index is 13.3. The number of hydrogen-bond donors (Lipinski definition) is 1. The van der Waals surface area contributed by atoms with Gasteiger partial charge in [0.1, 0.15) is 11.9 Å². The van der Waals surface area contributed by atoms with Gasteiger partial charge < -0.3 is 14.6 Å². The van der Waals surface area contributed by atoms with E-state index in [1.54, 1.807) is 30.3 Å². The molecule has 3 rings (SSSR count). The van der Waals surface area contributed by atoms with Gasteiger partial charge in [0.05, 0.1) is 13.2 Å². The minimum absolute atomic E-state index is 0.314. The third-order valence-electron chi connectivity index (χ3n) is 3.49. The molecule has 0 fully saturated rings. The van der Waals surface area contributed by atoms with Gasteiger partial charge in [-0.3, -0.25) is 0 Å². The van der Waals surface area contributed by atoms with E-state index in [1.165, 1.54) is 12.1 Å². The molecule has 1 heterocycles. The summed E-state index contributed by atoms with van der Waals surface area (Å²) in [4.78, 5) is 0. The Kier molecular flexibility index (Phi) is 3.80. The average molecular weight is 288 g/mol. The van der Waals surface area contributed by atoms with Crippen molar-refractivity contribution >= 4 is 0 Å². The van der Waals surface area contributed by atoms with Crippen LogP contribution >= 0.6 is 0 Å². The lowest BCUT2D eigenvalue weighted by Gasteiger charge is -2.14. The first-order valence-corrected chi connectivity index (χ1v) is 6.96. The van der Waals surface area contributed by atoms with Crippen molar-refractivity contribution in [3.63, 3.8) is 0 Å². The Morgan fingerprint density at radius 1 is 1.05 bits per heavy atom. The van der Waals surface area contributed by atoms with E-state index in [4.69, 9.17) is 9.47 Å². The number of aliphatic hydroxyl groups is 1. The van der Waals surface area contributed by atoms with Crippen molar-refractivity contribution in [2.75, 3.05) is 13.2 Å². The molecule has 0 aliphatic carbocycles.